The third-order valence-electron chi connectivity index (χ3n) is 22.0. The summed E-state index contributed by atoms with van der Waals surface area (Å²) in [4.78, 5) is 58.7. The summed E-state index contributed by atoms with van der Waals surface area (Å²) < 4.78 is 77.1. The summed E-state index contributed by atoms with van der Waals surface area (Å²) in [7, 11) is 3.24. The summed E-state index contributed by atoms with van der Waals surface area (Å²) in [5.74, 6) is 3.81. The van der Waals surface area contributed by atoms with E-state index in [1.807, 2.05) is 65.8 Å². The molecule has 1 atom stereocenters. The molecule has 136 heavy (non-hydrogen) atoms. The first-order valence-corrected chi connectivity index (χ1v) is 48.1. The van der Waals surface area contributed by atoms with Crippen LogP contribution in [0.3, 0.4) is 0 Å². The normalized spacial score (nSPS) is 15.4. The summed E-state index contributed by atoms with van der Waals surface area (Å²) in [5, 5.41) is 36.8. The number of thiophene rings is 5. The quantitative estimate of drug-likeness (QED) is 0.0499. The number of H-pyrrole nitrogens is 4. The number of ether oxygens (including phenoxy) is 7. The topological polar surface area (TPSA) is 289 Å². The molecule has 9 aromatic heterocycles. The summed E-state index contributed by atoms with van der Waals surface area (Å²) in [6.45, 7) is 51.6. The predicted molar refractivity (Wildman–Crippen MR) is 534 cm³/mol. The Balaban J connectivity index is 0.000000123. The molecule has 0 bridgehead atoms. The molecule has 0 radical (unpaired) electrons. The van der Waals surface area contributed by atoms with Crippen molar-refractivity contribution in [3.63, 3.8) is 0 Å². The minimum atomic E-state index is -4.51. The van der Waals surface area contributed by atoms with Crippen molar-refractivity contribution in [2.75, 3.05) is 170 Å². The lowest BCUT2D eigenvalue weighted by Gasteiger charge is -2.33. The van der Waals surface area contributed by atoms with Gasteiger partial charge in [-0.2, -0.15) is 28.5 Å². The lowest BCUT2D eigenvalue weighted by atomic mass is 10.0. The number of halogens is 9. The number of alkyl halides is 3. The van der Waals surface area contributed by atoms with E-state index in [9.17, 15) is 18.3 Å². The maximum absolute atomic E-state index is 13.1. The first-order valence-electron chi connectivity index (χ1n) is 41.8. The molecule has 5 aromatic carbocycles. The summed E-state index contributed by atoms with van der Waals surface area (Å²) >= 11 is 45.5. The second-order valence-electron chi connectivity index (χ2n) is 30.0. The third-order valence-corrected chi connectivity index (χ3v) is 30.0. The number of imidazole rings is 1. The Morgan fingerprint density at radius 3 is 1.21 bits per heavy atom. The number of aliphatic hydroxyl groups is 1. The summed E-state index contributed by atoms with van der Waals surface area (Å²) in [5.41, 5.74) is 10.2. The Morgan fingerprint density at radius 2 is 0.831 bits per heavy atom. The van der Waals surface area contributed by atoms with Crippen LogP contribution in [-0.2, 0) is 29.9 Å². The number of anilines is 5. The van der Waals surface area contributed by atoms with E-state index in [0.29, 0.717) is 195 Å². The number of hydrogen-bond donors (Lipinski definition) is 5. The van der Waals surface area contributed by atoms with Crippen molar-refractivity contribution in [1.29, 1.82) is 0 Å². The van der Waals surface area contributed by atoms with Gasteiger partial charge >= 0.3 is 6.18 Å². The predicted octanol–water partition coefficient (Wildman–Crippen LogP) is 23.9. The van der Waals surface area contributed by atoms with Crippen LogP contribution in [0.25, 0.3) is 128 Å². The number of allylic oxidation sites excluding steroid dienone is 1. The highest BCUT2D eigenvalue weighted by Crippen LogP contribution is 2.60. The number of hydrogen-bond acceptors (Lipinski definition) is 26. The molecule has 696 valence electrons. The van der Waals surface area contributed by atoms with Crippen molar-refractivity contribution < 1.29 is 51.4 Å². The van der Waals surface area contributed by atoms with E-state index in [-0.39, 0.29) is 17.7 Å². The number of aromatic nitrogens is 11. The molecular weight excluding hydrogens is 1970 g/mol. The highest BCUT2D eigenvalue weighted by molar-refractivity contribution is 7.22. The Labute approximate surface area is 828 Å². The number of rotatable bonds is 18. The van der Waals surface area contributed by atoms with E-state index in [1.54, 1.807) is 91.0 Å². The molecule has 30 nitrogen and oxygen atoms in total. The van der Waals surface area contributed by atoms with Crippen LogP contribution in [0.5, 0.6) is 11.5 Å². The molecule has 14 aromatic rings. The molecule has 0 spiro atoms. The molecular formula is C92H77Cl6F3N22O8S5. The minimum absolute atomic E-state index is 0.0694. The zero-order chi connectivity index (χ0) is 95.1. The third kappa shape index (κ3) is 21.4. The second kappa shape index (κ2) is 44.9. The first-order chi connectivity index (χ1) is 66.2. The van der Waals surface area contributed by atoms with Gasteiger partial charge in [0.15, 0.2) is 17.5 Å². The highest BCUT2D eigenvalue weighted by atomic mass is 35.5. The van der Waals surface area contributed by atoms with Gasteiger partial charge in [-0.1, -0.05) is 106 Å². The van der Waals surface area contributed by atoms with Gasteiger partial charge in [-0.05, 0) is 94.1 Å². The van der Waals surface area contributed by atoms with Crippen LogP contribution in [-0.4, -0.2) is 219 Å². The molecule has 0 amide bonds. The molecule has 6 aliphatic rings. The number of benzene rings is 5. The zero-order valence-corrected chi connectivity index (χ0v) is 80.6. The Kier molecular flexibility index (Phi) is 32.0. The minimum Gasteiger partial charge on any atom is -0.497 e. The smallest absolute Gasteiger partial charge is 0.416 e. The molecule has 15 heterocycles. The maximum Gasteiger partial charge on any atom is 0.416 e. The summed E-state index contributed by atoms with van der Waals surface area (Å²) in [6.07, 6.45) is 7.45. The molecule has 5 saturated heterocycles. The van der Waals surface area contributed by atoms with Crippen LogP contribution < -0.4 is 34.0 Å². The number of methoxy groups -OCH3 is 2. The van der Waals surface area contributed by atoms with Crippen LogP contribution >= 0.6 is 126 Å². The van der Waals surface area contributed by atoms with Gasteiger partial charge < -0.3 is 67.7 Å². The van der Waals surface area contributed by atoms with E-state index in [4.69, 9.17) is 136 Å². The Morgan fingerprint density at radius 1 is 0.449 bits per heavy atom. The van der Waals surface area contributed by atoms with Crippen LogP contribution in [0.15, 0.2) is 140 Å². The van der Waals surface area contributed by atoms with E-state index in [1.165, 1.54) is 47.7 Å². The van der Waals surface area contributed by atoms with E-state index in [2.05, 4.69) is 104 Å². The molecule has 0 saturated carbocycles. The fraction of sp³-hybridized carbons (Fsp3) is 0.272. The van der Waals surface area contributed by atoms with Gasteiger partial charge in [-0.25, -0.2) is 44.2 Å². The average molecular weight is 2050 g/mol. The molecule has 44 heteroatoms. The van der Waals surface area contributed by atoms with Gasteiger partial charge in [-0.3, -0.25) is 20.3 Å². The van der Waals surface area contributed by atoms with Crippen LogP contribution in [0.2, 0.25) is 30.1 Å². The highest BCUT2D eigenvalue weighted by Gasteiger charge is 2.37. The molecule has 0 aliphatic carbocycles. The van der Waals surface area contributed by atoms with Gasteiger partial charge in [0.25, 0.3) is 0 Å². The number of aliphatic imine (C=N–C) groups is 1. The Hall–Kier alpha value is -12.0. The SMILES string of the molecule is [C-]#[N+]c1c(N2CCOCC2)sc(-c2ncc[nH]2)c1-c1ccc(OC)cc1Cl.[C-]#[N+]c1c(N2CCOCC2)sc(-c2ncn[nH]2)c1-c1ccc(C(F)(F)F)cc1Cl.[C-]#[N+]c1c(N2CCOCC2)sc(-c2ncn[nH]2)c1-c1cccc(OC)c1.[C-]#[N+]c1c(N2CCOCC2)sc(C2=CN=CC2)c1-c1ccc(Cl)cc1Cl.[C-]#[N+]c1c(N2CCO[C@@H](CO)C2)sc(-c2ncn[nH]2)c1-c1ccc(Cl)cc1Cl. The number of nitrogens with zero attached hydrogens (tertiary/aromatic N) is 18. The monoisotopic (exact) mass is 2040 g/mol. The van der Waals surface area contributed by atoms with Gasteiger partial charge in [-0.15, -0.1) is 56.7 Å². The lowest BCUT2D eigenvalue weighted by Crippen LogP contribution is -2.43. The van der Waals surface area contributed by atoms with Crippen molar-refractivity contribution in [2.45, 2.75) is 18.7 Å². The van der Waals surface area contributed by atoms with Crippen molar-refractivity contribution >= 4 is 192 Å². The number of nitrogens with one attached hydrogen (secondary N) is 4. The van der Waals surface area contributed by atoms with E-state index in [0.717, 1.165) is 148 Å². The second-order valence-corrected chi connectivity index (χ2v) is 37.5. The van der Waals surface area contributed by atoms with Gasteiger partial charge in [0.1, 0.15) is 36.3 Å². The van der Waals surface area contributed by atoms with E-state index >= 15 is 0 Å². The zero-order valence-electron chi connectivity index (χ0n) is 72.0. The molecule has 0 unspecified atom stereocenters. The average Bonchev–Trinajstić information content (AvgIpc) is 1.61. The van der Waals surface area contributed by atoms with Crippen molar-refractivity contribution in [1.82, 2.24) is 55.5 Å². The molecule has 5 fully saturated rings. The van der Waals surface area contributed by atoms with E-state index < -0.39 is 11.7 Å². The molecule has 20 rings (SSSR count). The van der Waals surface area contributed by atoms with Gasteiger partial charge in [0.2, 0.25) is 28.4 Å². The fourth-order valence-corrected chi connectivity index (χ4v) is 23.5. The number of aliphatic hydroxyl groups excluding tert-OH is 1. The lowest BCUT2D eigenvalue weighted by molar-refractivity contribution is -0.137. The largest absolute Gasteiger partial charge is 0.497 e. The standard InChI is InChI=1S/C19H15Cl2N3OS.C19H17ClN4O2S.C18H15Cl2N5O2S.C18H13ClF3N5OS.C18H17N5O2S/c1-22-17-16(14-3-2-13(20)10-15(14)21)18(12-4-5-23-11-12)26-19(17)24-6-8-25-9-7-24;1-21-16-15(13-4-3-12(25-2)11-14(13)20)17(18-22-5-6-23-18)27-19(16)24-7-9-26-10-8-24;1-21-15-14(12-3-2-10(19)6-13(12)20)16(17-22-9-23-24-17)28-18(15)25-4-5-27-11(7-25)8-26;1-23-14-13(11-3-2-10(8-12(11)19)18(20,21)22)15(16-24-9-25-26-16)29-17(14)27-4-6-28-7-5-27;1-19-15-14(12-4-3-5-13(10-12)24-2)16(17-20-11-21-22-17)26-18(15)23-6-8-25-9-7-23/h2-3,5,10-11H,4,6-9H2;3-6,11H,7-10H2,2H3,(H,22,23);2-3,6,9,11,26H,4-5,7-8H2,(H,22,23,24);2-3,8-9H,4-7H2,(H,24,25,26);3-5,10-11H,6-9H2,2H3,(H,20,21,22)/t;;11-;;/m..1../s1. The molecule has 6 aliphatic heterocycles. The van der Waals surface area contributed by atoms with Crippen LogP contribution in [0, 0.1) is 32.9 Å². The van der Waals surface area contributed by atoms with Crippen molar-refractivity contribution in [3.05, 3.63) is 232 Å². The van der Waals surface area contributed by atoms with Gasteiger partial charge in [0, 0.05) is 154 Å². The van der Waals surface area contributed by atoms with Crippen LogP contribution in [0.1, 0.15) is 16.9 Å². The fourth-order valence-electron chi connectivity index (χ4n) is 15.6. The van der Waals surface area contributed by atoms with Crippen molar-refractivity contribution in [3.8, 4) is 110 Å². The van der Waals surface area contributed by atoms with Crippen LogP contribution in [0.4, 0.5) is 66.6 Å². The number of aromatic amines is 4. The van der Waals surface area contributed by atoms with Gasteiger partial charge in [0.05, 0.1) is 174 Å². The van der Waals surface area contributed by atoms with Crippen molar-refractivity contribution in [2.24, 2.45) is 4.99 Å². The number of morpholine rings is 5. The molecule has 5 N–H and O–H groups in total. The Bertz CT molecular complexity index is 6870. The summed E-state index contributed by atoms with van der Waals surface area (Å²) in [6, 6.07) is 27.0. The first kappa shape index (κ1) is 97.1. The maximum atomic E-state index is 13.1.